The number of anilines is 2. The van der Waals surface area contributed by atoms with E-state index in [9.17, 15) is 4.79 Å². The topological polar surface area (TPSA) is 64.3 Å². The molecule has 0 aromatic heterocycles. The van der Waals surface area contributed by atoms with Gasteiger partial charge in [0.2, 0.25) is 0 Å². The summed E-state index contributed by atoms with van der Waals surface area (Å²) in [4.78, 5) is 11.9. The fourth-order valence-electron chi connectivity index (χ4n) is 1.93. The molecule has 0 aliphatic carbocycles. The lowest BCUT2D eigenvalue weighted by Crippen LogP contribution is -2.28. The molecule has 0 heterocycles. The molecule has 0 bridgehead atoms. The summed E-state index contributed by atoms with van der Waals surface area (Å²) < 4.78 is 5.28. The third-order valence-electron chi connectivity index (χ3n) is 3.31. The van der Waals surface area contributed by atoms with Crippen LogP contribution in [-0.4, -0.2) is 11.7 Å². The summed E-state index contributed by atoms with van der Waals surface area (Å²) in [5, 5.41) is 2.83. The minimum Gasteiger partial charge on any atom is -0.444 e. The number of benzene rings is 1. The van der Waals surface area contributed by atoms with Crippen LogP contribution in [-0.2, 0) is 4.74 Å². The Morgan fingerprint density at radius 3 is 1.79 bits per heavy atom. The van der Waals surface area contributed by atoms with Gasteiger partial charge in [0.15, 0.2) is 0 Å². The molecule has 1 aromatic rings. The summed E-state index contributed by atoms with van der Waals surface area (Å²) in [6.07, 6.45) is -0.442. The van der Waals surface area contributed by atoms with E-state index in [1.807, 2.05) is 48.5 Å². The Bertz CT molecular complexity index is 485. The SMILES string of the molecule is Cc1c(C)c(NC(=O)OC(C)(C)C)c(C)c(C)c1N. The van der Waals surface area contributed by atoms with E-state index in [2.05, 4.69) is 5.32 Å². The maximum atomic E-state index is 11.9. The molecule has 3 N–H and O–H groups in total. The van der Waals surface area contributed by atoms with Gasteiger partial charge in [0.1, 0.15) is 5.60 Å². The molecule has 0 saturated heterocycles. The highest BCUT2D eigenvalue weighted by Gasteiger charge is 2.19. The van der Waals surface area contributed by atoms with Crippen LogP contribution in [0.5, 0.6) is 0 Å². The Kier molecular flexibility index (Phi) is 4.13. The molecule has 0 unspecified atom stereocenters. The summed E-state index contributed by atoms with van der Waals surface area (Å²) in [5.74, 6) is 0. The number of nitrogen functional groups attached to an aromatic ring is 1. The molecule has 0 fully saturated rings. The Morgan fingerprint density at radius 2 is 1.42 bits per heavy atom. The molecule has 1 rings (SSSR count). The van der Waals surface area contributed by atoms with Gasteiger partial charge in [-0.15, -0.1) is 0 Å². The van der Waals surface area contributed by atoms with Crippen molar-refractivity contribution in [3.05, 3.63) is 22.3 Å². The molecule has 4 heteroatoms. The van der Waals surface area contributed by atoms with Gasteiger partial charge in [-0.05, 0) is 70.7 Å². The van der Waals surface area contributed by atoms with Gasteiger partial charge in [-0.3, -0.25) is 5.32 Å². The lowest BCUT2D eigenvalue weighted by Gasteiger charge is -2.22. The van der Waals surface area contributed by atoms with E-state index in [1.54, 1.807) is 0 Å². The van der Waals surface area contributed by atoms with Gasteiger partial charge in [-0.25, -0.2) is 4.79 Å². The normalized spacial score (nSPS) is 11.3. The number of nitrogens with two attached hydrogens (primary N) is 1. The van der Waals surface area contributed by atoms with E-state index < -0.39 is 11.7 Å². The maximum absolute atomic E-state index is 11.9. The Balaban J connectivity index is 3.13. The molecule has 0 radical (unpaired) electrons. The zero-order chi connectivity index (χ0) is 15.0. The molecule has 1 amide bonds. The molecular weight excluding hydrogens is 240 g/mol. The number of amides is 1. The molecule has 1 aromatic carbocycles. The Morgan fingerprint density at radius 1 is 1.00 bits per heavy atom. The second-order valence-corrected chi connectivity index (χ2v) is 5.92. The predicted octanol–water partition coefficient (Wildman–Crippen LogP) is 3.85. The summed E-state index contributed by atoms with van der Waals surface area (Å²) >= 11 is 0. The first kappa shape index (κ1) is 15.3. The zero-order valence-electron chi connectivity index (χ0n) is 12.9. The monoisotopic (exact) mass is 264 g/mol. The summed E-state index contributed by atoms with van der Waals surface area (Å²) in [6.45, 7) is 13.3. The highest BCUT2D eigenvalue weighted by Crippen LogP contribution is 2.32. The third-order valence-corrected chi connectivity index (χ3v) is 3.31. The van der Waals surface area contributed by atoms with Crippen LogP contribution in [0.4, 0.5) is 16.2 Å². The van der Waals surface area contributed by atoms with Gasteiger partial charge in [0.25, 0.3) is 0 Å². The maximum Gasteiger partial charge on any atom is 0.412 e. The fraction of sp³-hybridized carbons (Fsp3) is 0.533. The van der Waals surface area contributed by atoms with Gasteiger partial charge in [-0.2, -0.15) is 0 Å². The van der Waals surface area contributed by atoms with Crippen molar-refractivity contribution in [2.75, 3.05) is 11.1 Å². The number of ether oxygens (including phenoxy) is 1. The highest BCUT2D eigenvalue weighted by atomic mass is 16.6. The number of nitrogens with one attached hydrogen (secondary N) is 1. The van der Waals surface area contributed by atoms with Gasteiger partial charge in [-0.1, -0.05) is 0 Å². The standard InChI is InChI=1S/C15H24N2O2/c1-8-10(3)13(11(4)9(2)12(8)16)17-14(18)19-15(5,6)7/h16H2,1-7H3,(H,17,18). The second-order valence-electron chi connectivity index (χ2n) is 5.92. The van der Waals surface area contributed by atoms with Crippen molar-refractivity contribution in [3.63, 3.8) is 0 Å². The molecule has 0 spiro atoms. The van der Waals surface area contributed by atoms with Gasteiger partial charge in [0, 0.05) is 5.69 Å². The van der Waals surface area contributed by atoms with Crippen molar-refractivity contribution in [2.45, 2.75) is 54.1 Å². The summed E-state index contributed by atoms with van der Waals surface area (Å²) in [5.41, 5.74) is 11.0. The number of rotatable bonds is 1. The van der Waals surface area contributed by atoms with Crippen LogP contribution in [0.1, 0.15) is 43.0 Å². The molecule has 0 aliphatic rings. The smallest absolute Gasteiger partial charge is 0.412 e. The minimum atomic E-state index is -0.510. The van der Waals surface area contributed by atoms with E-state index in [0.29, 0.717) is 0 Å². The van der Waals surface area contributed by atoms with Crippen LogP contribution < -0.4 is 11.1 Å². The largest absolute Gasteiger partial charge is 0.444 e. The van der Waals surface area contributed by atoms with Gasteiger partial charge >= 0.3 is 6.09 Å². The molecule has 19 heavy (non-hydrogen) atoms. The first-order chi connectivity index (χ1) is 8.54. The number of hydrogen-bond donors (Lipinski definition) is 2. The van der Waals surface area contributed by atoms with Crippen molar-refractivity contribution < 1.29 is 9.53 Å². The Labute approximate surface area is 115 Å². The van der Waals surface area contributed by atoms with E-state index in [4.69, 9.17) is 10.5 Å². The summed E-state index contributed by atoms with van der Waals surface area (Å²) in [7, 11) is 0. The highest BCUT2D eigenvalue weighted by molar-refractivity contribution is 5.89. The van der Waals surface area contributed by atoms with Crippen molar-refractivity contribution in [1.82, 2.24) is 0 Å². The van der Waals surface area contributed by atoms with E-state index in [0.717, 1.165) is 33.6 Å². The quantitative estimate of drug-likeness (QED) is 0.757. The molecule has 0 saturated carbocycles. The third kappa shape index (κ3) is 3.40. The van der Waals surface area contributed by atoms with Crippen LogP contribution in [0, 0.1) is 27.7 Å². The van der Waals surface area contributed by atoms with Gasteiger partial charge < -0.3 is 10.5 Å². The number of carbonyl (C=O) groups is 1. The van der Waals surface area contributed by atoms with Crippen LogP contribution in [0.2, 0.25) is 0 Å². The van der Waals surface area contributed by atoms with E-state index in [-0.39, 0.29) is 0 Å². The van der Waals surface area contributed by atoms with Crippen LogP contribution in [0.25, 0.3) is 0 Å². The molecule has 4 nitrogen and oxygen atoms in total. The first-order valence-corrected chi connectivity index (χ1v) is 6.40. The lowest BCUT2D eigenvalue weighted by molar-refractivity contribution is 0.0635. The average molecular weight is 264 g/mol. The second kappa shape index (κ2) is 5.11. The zero-order valence-corrected chi connectivity index (χ0v) is 12.9. The van der Waals surface area contributed by atoms with Crippen molar-refractivity contribution >= 4 is 17.5 Å². The fourth-order valence-corrected chi connectivity index (χ4v) is 1.93. The lowest BCUT2D eigenvalue weighted by atomic mass is 9.96. The van der Waals surface area contributed by atoms with Crippen LogP contribution in [0.15, 0.2) is 0 Å². The molecular formula is C15H24N2O2. The van der Waals surface area contributed by atoms with Crippen LogP contribution in [0.3, 0.4) is 0 Å². The average Bonchev–Trinajstić information content (AvgIpc) is 2.27. The molecule has 106 valence electrons. The number of hydrogen-bond acceptors (Lipinski definition) is 3. The van der Waals surface area contributed by atoms with Crippen molar-refractivity contribution in [2.24, 2.45) is 0 Å². The minimum absolute atomic E-state index is 0.442. The van der Waals surface area contributed by atoms with E-state index >= 15 is 0 Å². The van der Waals surface area contributed by atoms with E-state index in [1.165, 1.54) is 0 Å². The Hall–Kier alpha value is -1.71. The predicted molar refractivity (Wildman–Crippen MR) is 79.7 cm³/mol. The van der Waals surface area contributed by atoms with Crippen molar-refractivity contribution in [1.29, 1.82) is 0 Å². The molecule has 0 atom stereocenters. The van der Waals surface area contributed by atoms with Gasteiger partial charge in [0.05, 0.1) is 5.69 Å². The summed E-state index contributed by atoms with van der Waals surface area (Å²) in [6, 6.07) is 0. The van der Waals surface area contributed by atoms with Crippen molar-refractivity contribution in [3.8, 4) is 0 Å². The van der Waals surface area contributed by atoms with Crippen LogP contribution >= 0.6 is 0 Å². The molecule has 0 aliphatic heterocycles. The first-order valence-electron chi connectivity index (χ1n) is 6.40. The number of carbonyl (C=O) groups excluding carboxylic acids is 1.